The van der Waals surface area contributed by atoms with Gasteiger partial charge in [0.15, 0.2) is 0 Å². The van der Waals surface area contributed by atoms with Gasteiger partial charge in [-0.05, 0) is 70.4 Å². The third kappa shape index (κ3) is 6.53. The van der Waals surface area contributed by atoms with E-state index in [1.807, 2.05) is 19.1 Å². The van der Waals surface area contributed by atoms with Crippen LogP contribution in [-0.4, -0.2) is 60.8 Å². The minimum Gasteiger partial charge on any atom is -0.435 e. The van der Waals surface area contributed by atoms with E-state index in [0.717, 1.165) is 44.6 Å². The standard InChI is InChI=1S/C19H30F2N2O2/c1-14(24)12-23-10-8-16(9-11-23)13-22(3)15(2)17-4-6-18(7-5-17)25-19(20)21/h4-7,14-16,19,24H,8-13H2,1-3H3. The van der Waals surface area contributed by atoms with Crippen LogP contribution in [0.2, 0.25) is 0 Å². The number of ether oxygens (including phenoxy) is 1. The van der Waals surface area contributed by atoms with Crippen molar-refractivity contribution in [2.45, 2.75) is 45.4 Å². The molecule has 1 aliphatic heterocycles. The summed E-state index contributed by atoms with van der Waals surface area (Å²) in [5.74, 6) is 0.846. The molecule has 4 nitrogen and oxygen atoms in total. The molecule has 6 heteroatoms. The molecule has 2 rings (SSSR count). The van der Waals surface area contributed by atoms with Gasteiger partial charge < -0.3 is 14.7 Å². The number of β-amino-alcohol motifs (C(OH)–C–C–N with tert-alkyl or cyclic N) is 1. The van der Waals surface area contributed by atoms with Crippen LogP contribution in [0.5, 0.6) is 5.75 Å². The number of alkyl halides is 2. The van der Waals surface area contributed by atoms with Gasteiger partial charge in [-0.15, -0.1) is 0 Å². The Bertz CT molecular complexity index is 503. The summed E-state index contributed by atoms with van der Waals surface area (Å²) >= 11 is 0. The number of aliphatic hydroxyl groups excluding tert-OH is 1. The van der Waals surface area contributed by atoms with E-state index in [4.69, 9.17) is 0 Å². The average Bonchev–Trinajstić information content (AvgIpc) is 2.55. The molecule has 1 fully saturated rings. The summed E-state index contributed by atoms with van der Waals surface area (Å²) in [6, 6.07) is 7.12. The molecular weight excluding hydrogens is 326 g/mol. The van der Waals surface area contributed by atoms with Crippen molar-refractivity contribution in [2.24, 2.45) is 5.92 Å². The molecule has 0 aromatic heterocycles. The molecular formula is C19H30F2N2O2. The van der Waals surface area contributed by atoms with E-state index in [0.29, 0.717) is 5.92 Å². The van der Waals surface area contributed by atoms with Crippen molar-refractivity contribution in [3.63, 3.8) is 0 Å². The third-order valence-corrected chi connectivity index (χ3v) is 5.02. The number of aliphatic hydroxyl groups is 1. The molecule has 0 saturated carbocycles. The SMILES string of the molecule is CC(O)CN1CCC(CN(C)C(C)c2ccc(OC(F)F)cc2)CC1. The highest BCUT2D eigenvalue weighted by Gasteiger charge is 2.23. The topological polar surface area (TPSA) is 35.9 Å². The summed E-state index contributed by atoms with van der Waals surface area (Å²) in [5.41, 5.74) is 1.09. The van der Waals surface area contributed by atoms with Crippen molar-refractivity contribution in [3.8, 4) is 5.75 Å². The molecule has 0 bridgehead atoms. The lowest BCUT2D eigenvalue weighted by molar-refractivity contribution is -0.0498. The molecule has 1 heterocycles. The number of halogens is 2. The van der Waals surface area contributed by atoms with Gasteiger partial charge >= 0.3 is 6.61 Å². The van der Waals surface area contributed by atoms with Gasteiger partial charge in [0.2, 0.25) is 0 Å². The highest BCUT2D eigenvalue weighted by molar-refractivity contribution is 5.29. The largest absolute Gasteiger partial charge is 0.435 e. The molecule has 0 aliphatic carbocycles. The molecule has 1 N–H and O–H groups in total. The summed E-state index contributed by atoms with van der Waals surface area (Å²) in [5, 5.41) is 9.48. The molecule has 0 radical (unpaired) electrons. The second-order valence-corrected chi connectivity index (χ2v) is 7.16. The minimum absolute atomic E-state index is 0.194. The van der Waals surface area contributed by atoms with Crippen LogP contribution in [-0.2, 0) is 0 Å². The first kappa shape index (κ1) is 20.1. The number of hydrogen-bond donors (Lipinski definition) is 1. The zero-order valence-corrected chi connectivity index (χ0v) is 15.4. The van der Waals surface area contributed by atoms with Crippen molar-refractivity contribution in [1.82, 2.24) is 9.80 Å². The van der Waals surface area contributed by atoms with Gasteiger partial charge in [-0.1, -0.05) is 12.1 Å². The summed E-state index contributed by atoms with van der Waals surface area (Å²) in [6.45, 7) is 5.02. The first-order chi connectivity index (χ1) is 11.8. The van der Waals surface area contributed by atoms with Gasteiger partial charge in [0, 0.05) is 19.1 Å². The molecule has 25 heavy (non-hydrogen) atoms. The van der Waals surface area contributed by atoms with Crippen LogP contribution in [0, 0.1) is 5.92 Å². The van der Waals surface area contributed by atoms with Crippen molar-refractivity contribution in [1.29, 1.82) is 0 Å². The molecule has 2 unspecified atom stereocenters. The molecule has 1 aliphatic rings. The van der Waals surface area contributed by atoms with E-state index in [1.165, 1.54) is 0 Å². The van der Waals surface area contributed by atoms with Crippen molar-refractivity contribution in [3.05, 3.63) is 29.8 Å². The second-order valence-electron chi connectivity index (χ2n) is 7.16. The van der Waals surface area contributed by atoms with E-state index >= 15 is 0 Å². The fourth-order valence-corrected chi connectivity index (χ4v) is 3.47. The summed E-state index contributed by atoms with van der Waals surface area (Å²) in [7, 11) is 2.11. The van der Waals surface area contributed by atoms with Gasteiger partial charge in [-0.25, -0.2) is 0 Å². The van der Waals surface area contributed by atoms with E-state index in [1.54, 1.807) is 12.1 Å². The molecule has 1 aromatic carbocycles. The lowest BCUT2D eigenvalue weighted by Crippen LogP contribution is -2.41. The first-order valence-corrected chi connectivity index (χ1v) is 9.00. The van der Waals surface area contributed by atoms with Crippen molar-refractivity contribution in [2.75, 3.05) is 33.2 Å². The molecule has 1 aromatic rings. The average molecular weight is 356 g/mol. The Labute approximate surface area is 149 Å². The molecule has 2 atom stereocenters. The summed E-state index contributed by atoms with van der Waals surface area (Å²) in [6.07, 6.45) is 2.02. The van der Waals surface area contributed by atoms with E-state index in [9.17, 15) is 13.9 Å². The highest BCUT2D eigenvalue weighted by Crippen LogP contribution is 2.25. The monoisotopic (exact) mass is 356 g/mol. The maximum Gasteiger partial charge on any atom is 0.387 e. The Morgan fingerprint density at radius 1 is 1.20 bits per heavy atom. The second kappa shape index (κ2) is 9.46. The van der Waals surface area contributed by atoms with Gasteiger partial charge in [0.1, 0.15) is 5.75 Å². The Hall–Kier alpha value is -1.24. The van der Waals surface area contributed by atoms with E-state index in [2.05, 4.69) is 28.5 Å². The predicted molar refractivity (Wildman–Crippen MR) is 95.0 cm³/mol. The van der Waals surface area contributed by atoms with Crippen molar-refractivity contribution < 1.29 is 18.6 Å². The molecule has 0 spiro atoms. The Morgan fingerprint density at radius 2 is 1.80 bits per heavy atom. The quantitative estimate of drug-likeness (QED) is 0.775. The number of rotatable bonds is 8. The predicted octanol–water partition coefficient (Wildman–Crippen LogP) is 3.37. The number of likely N-dealkylation sites (tertiary alicyclic amines) is 1. The number of piperidine rings is 1. The molecule has 142 valence electrons. The third-order valence-electron chi connectivity index (χ3n) is 5.02. The smallest absolute Gasteiger partial charge is 0.387 e. The summed E-state index contributed by atoms with van der Waals surface area (Å²) in [4.78, 5) is 4.64. The lowest BCUT2D eigenvalue weighted by Gasteiger charge is -2.36. The number of nitrogens with zero attached hydrogens (tertiary/aromatic N) is 2. The summed E-state index contributed by atoms with van der Waals surface area (Å²) < 4.78 is 28.8. The number of hydrogen-bond acceptors (Lipinski definition) is 4. The highest BCUT2D eigenvalue weighted by atomic mass is 19.3. The normalized spacial score (nSPS) is 19.4. The Morgan fingerprint density at radius 3 is 2.32 bits per heavy atom. The molecule has 0 amide bonds. The Balaban J connectivity index is 1.81. The minimum atomic E-state index is -2.79. The van der Waals surface area contributed by atoms with E-state index in [-0.39, 0.29) is 17.9 Å². The van der Waals surface area contributed by atoms with Gasteiger partial charge in [0.25, 0.3) is 0 Å². The lowest BCUT2D eigenvalue weighted by atomic mass is 9.95. The van der Waals surface area contributed by atoms with Gasteiger partial charge in [-0.3, -0.25) is 4.90 Å². The van der Waals surface area contributed by atoms with Crippen LogP contribution in [0.3, 0.4) is 0 Å². The van der Waals surface area contributed by atoms with Crippen LogP contribution >= 0.6 is 0 Å². The Kier molecular flexibility index (Phi) is 7.59. The van der Waals surface area contributed by atoms with Crippen LogP contribution in [0.15, 0.2) is 24.3 Å². The van der Waals surface area contributed by atoms with Crippen LogP contribution in [0.25, 0.3) is 0 Å². The van der Waals surface area contributed by atoms with Gasteiger partial charge in [-0.2, -0.15) is 8.78 Å². The van der Waals surface area contributed by atoms with Gasteiger partial charge in [0.05, 0.1) is 6.10 Å². The molecule has 1 saturated heterocycles. The van der Waals surface area contributed by atoms with Crippen molar-refractivity contribution >= 4 is 0 Å². The zero-order chi connectivity index (χ0) is 18.4. The fraction of sp³-hybridized carbons (Fsp3) is 0.684. The van der Waals surface area contributed by atoms with Crippen LogP contribution in [0.1, 0.15) is 38.3 Å². The van der Waals surface area contributed by atoms with Crippen LogP contribution in [0.4, 0.5) is 8.78 Å². The van der Waals surface area contributed by atoms with E-state index < -0.39 is 6.61 Å². The van der Waals surface area contributed by atoms with Crippen LogP contribution < -0.4 is 4.74 Å². The first-order valence-electron chi connectivity index (χ1n) is 9.00. The maximum absolute atomic E-state index is 12.2. The number of benzene rings is 1. The maximum atomic E-state index is 12.2. The fourth-order valence-electron chi connectivity index (χ4n) is 3.47. The zero-order valence-electron chi connectivity index (χ0n) is 15.4.